The van der Waals surface area contributed by atoms with Gasteiger partial charge in [-0.2, -0.15) is 5.10 Å². The molecule has 22 nitrogen and oxygen atoms in total. The Labute approximate surface area is 400 Å². The van der Waals surface area contributed by atoms with E-state index in [1.165, 1.54) is 29.4 Å². The molecule has 22 heteroatoms. The summed E-state index contributed by atoms with van der Waals surface area (Å²) >= 11 is 0. The number of hydrogen-bond acceptors (Lipinski definition) is 17. The van der Waals surface area contributed by atoms with Crippen molar-refractivity contribution in [2.24, 2.45) is 0 Å². The quantitative estimate of drug-likeness (QED) is 0.0389. The largest absolute Gasteiger partial charge is 0.462 e. The highest BCUT2D eigenvalue weighted by molar-refractivity contribution is 6.26. The zero-order chi connectivity index (χ0) is 49.1. The molecule has 0 spiro atoms. The molecule has 3 aliphatic rings. The molecule has 1 unspecified atom stereocenters. The molecule has 3 atom stereocenters. The minimum absolute atomic E-state index is 0.00927. The van der Waals surface area contributed by atoms with Crippen LogP contribution in [-0.2, 0) is 47.7 Å². The lowest BCUT2D eigenvalue weighted by Crippen LogP contribution is -2.54. The molecule has 0 saturated carbocycles. The zero-order valence-electron chi connectivity index (χ0n) is 37.8. The van der Waals surface area contributed by atoms with E-state index in [1.807, 2.05) is 54.6 Å². The van der Waals surface area contributed by atoms with E-state index in [9.17, 15) is 33.6 Å². The van der Waals surface area contributed by atoms with Crippen LogP contribution in [0.15, 0.2) is 91.8 Å². The van der Waals surface area contributed by atoms with Crippen molar-refractivity contribution in [2.75, 3.05) is 77.1 Å². The number of hydrogen-bond donors (Lipinski definition) is 3. The molecule has 5 heterocycles. The van der Waals surface area contributed by atoms with Gasteiger partial charge in [0.1, 0.15) is 54.6 Å². The highest BCUT2D eigenvalue weighted by atomic mass is 16.6. The number of imide groups is 2. The average Bonchev–Trinajstić information content (AvgIpc) is 4.05. The summed E-state index contributed by atoms with van der Waals surface area (Å²) < 4.78 is 35.1. The minimum Gasteiger partial charge on any atom is -0.462 e. The lowest BCUT2D eigenvalue weighted by Gasteiger charge is -2.27. The lowest BCUT2D eigenvalue weighted by molar-refractivity contribution is -0.153. The number of aromatic nitrogens is 4. The van der Waals surface area contributed by atoms with E-state index < -0.39 is 59.5 Å². The van der Waals surface area contributed by atoms with E-state index in [-0.39, 0.29) is 108 Å². The summed E-state index contributed by atoms with van der Waals surface area (Å²) in [7, 11) is 0. The third kappa shape index (κ3) is 11.0. The van der Waals surface area contributed by atoms with Gasteiger partial charge in [0.25, 0.3) is 11.8 Å². The number of ether oxygens (including phenoxy) is 6. The highest BCUT2D eigenvalue weighted by Gasteiger charge is 2.46. The number of rotatable bonds is 22. The number of nitrogens with two attached hydrogens (primary N) is 1. The van der Waals surface area contributed by atoms with Crippen molar-refractivity contribution in [1.29, 1.82) is 0 Å². The number of nitrogen functional groups attached to an aromatic ring is 1. The van der Waals surface area contributed by atoms with Gasteiger partial charge >= 0.3 is 5.97 Å². The van der Waals surface area contributed by atoms with Crippen molar-refractivity contribution in [2.45, 2.75) is 37.4 Å². The lowest BCUT2D eigenvalue weighted by atomic mass is 10.0. The number of esters is 1. The third-order valence-electron chi connectivity index (χ3n) is 11.5. The summed E-state index contributed by atoms with van der Waals surface area (Å²) in [5.74, 6) is -2.70. The molecule has 2 aromatic heterocycles. The summed E-state index contributed by atoms with van der Waals surface area (Å²) in [6, 6.07) is 18.6. The maximum atomic E-state index is 13.4. The molecule has 4 N–H and O–H groups in total. The van der Waals surface area contributed by atoms with Gasteiger partial charge in [-0.1, -0.05) is 30.8 Å². The zero-order valence-corrected chi connectivity index (χ0v) is 37.8. The van der Waals surface area contributed by atoms with Crippen LogP contribution in [-0.4, -0.2) is 149 Å². The van der Waals surface area contributed by atoms with Gasteiger partial charge in [0.15, 0.2) is 5.65 Å². The van der Waals surface area contributed by atoms with E-state index in [4.69, 9.17) is 39.3 Å². The molecular weight excluding hydrogens is 911 g/mol. The van der Waals surface area contributed by atoms with E-state index in [0.29, 0.717) is 28.2 Å². The van der Waals surface area contributed by atoms with Gasteiger partial charge in [-0.05, 0) is 61.0 Å². The molecule has 5 aromatic rings. The normalized spacial score (nSPS) is 17.7. The number of benzene rings is 3. The standard InChI is InChI=1S/C48H49N9O13/c1-2-39(60)55-26-30(57-44-41(43(49)50-28-51-44)42(54-57)29-11-13-32(14-12-29)70-31-7-4-3-5-8-31)25-36(55)48(64)69-24-23-67-20-19-65-17-18-66-21-22-68-27-38(59)52-34-10-6-9-33-40(34)47(63)56(46(33)62)35-15-16-37(58)53-45(35)61/h2-14,28,30,35-36H,1,15-27H2,(H,52,59)(H2,49,50,51)(H,53,58,61)/t30-,35?,36-/m0/s1. The molecule has 0 aliphatic carbocycles. The van der Waals surface area contributed by atoms with Gasteiger partial charge in [-0.25, -0.2) is 19.4 Å². The van der Waals surface area contributed by atoms with Crippen molar-refractivity contribution in [3.8, 4) is 22.8 Å². The number of fused-ring (bicyclic) bond motifs is 2. The smallest absolute Gasteiger partial charge is 0.329 e. The number of carbonyl (C=O) groups excluding carboxylic acids is 7. The van der Waals surface area contributed by atoms with Gasteiger partial charge in [-0.3, -0.25) is 39.0 Å². The molecule has 3 aliphatic heterocycles. The molecule has 6 amide bonds. The Balaban J connectivity index is 0.712. The number of nitrogens with one attached hydrogen (secondary N) is 2. The topological polar surface area (TPSA) is 275 Å². The molecule has 8 rings (SSSR count). The molecule has 0 bridgehead atoms. The summed E-state index contributed by atoms with van der Waals surface area (Å²) in [5, 5.41) is 10.2. The molecule has 2 fully saturated rings. The summed E-state index contributed by atoms with van der Waals surface area (Å²) in [6.45, 7) is 4.59. The van der Waals surface area contributed by atoms with Crippen LogP contribution in [0.4, 0.5) is 11.5 Å². The molecule has 2 saturated heterocycles. The molecule has 364 valence electrons. The first-order valence-electron chi connectivity index (χ1n) is 22.4. The second-order valence-corrected chi connectivity index (χ2v) is 16.1. The number of amides is 6. The number of carbonyl (C=O) groups is 7. The monoisotopic (exact) mass is 959 g/mol. The van der Waals surface area contributed by atoms with Crippen molar-refractivity contribution in [1.82, 2.24) is 34.9 Å². The number of para-hydroxylation sites is 1. The van der Waals surface area contributed by atoms with Gasteiger partial charge in [0, 0.05) is 24.9 Å². The van der Waals surface area contributed by atoms with Crippen LogP contribution in [0.2, 0.25) is 0 Å². The Morgan fingerprint density at radius 2 is 1.50 bits per heavy atom. The van der Waals surface area contributed by atoms with Gasteiger partial charge < -0.3 is 44.4 Å². The van der Waals surface area contributed by atoms with Crippen LogP contribution in [0, 0.1) is 0 Å². The second-order valence-electron chi connectivity index (χ2n) is 16.1. The van der Waals surface area contributed by atoms with E-state index in [2.05, 4.69) is 27.2 Å². The summed E-state index contributed by atoms with van der Waals surface area (Å²) in [4.78, 5) is 100. The van der Waals surface area contributed by atoms with Crippen LogP contribution in [0.1, 0.15) is 46.0 Å². The van der Waals surface area contributed by atoms with Crippen LogP contribution in [0.3, 0.4) is 0 Å². The van der Waals surface area contributed by atoms with E-state index in [1.54, 1.807) is 4.68 Å². The second kappa shape index (κ2) is 22.5. The van der Waals surface area contributed by atoms with Crippen molar-refractivity contribution in [3.63, 3.8) is 0 Å². The number of nitrogens with zero attached hydrogens (tertiary/aromatic N) is 6. The highest BCUT2D eigenvalue weighted by Crippen LogP contribution is 2.37. The fourth-order valence-electron chi connectivity index (χ4n) is 8.26. The van der Waals surface area contributed by atoms with Gasteiger partial charge in [0.05, 0.1) is 74.5 Å². The maximum absolute atomic E-state index is 13.4. The predicted molar refractivity (Wildman–Crippen MR) is 247 cm³/mol. The molecule has 0 radical (unpaired) electrons. The van der Waals surface area contributed by atoms with Gasteiger partial charge in [0.2, 0.25) is 23.6 Å². The number of anilines is 2. The van der Waals surface area contributed by atoms with Crippen LogP contribution < -0.4 is 21.1 Å². The van der Waals surface area contributed by atoms with Crippen LogP contribution >= 0.6 is 0 Å². The maximum Gasteiger partial charge on any atom is 0.329 e. The first kappa shape index (κ1) is 48.5. The Kier molecular flexibility index (Phi) is 15.6. The van der Waals surface area contributed by atoms with Crippen molar-refractivity contribution < 1.29 is 62.0 Å². The number of likely N-dealkylation sites (tertiary alicyclic amines) is 1. The fraction of sp³-hybridized carbons (Fsp3) is 0.333. The SMILES string of the molecule is C=CC(=O)N1C[C@@H](n2nc(-c3ccc(Oc4ccccc4)cc3)c3c(N)ncnc32)C[C@H]1C(=O)OCCOCCOCCOCCOCC(=O)Nc1cccc2c1C(=O)N(C1CCC(=O)NC1=O)C2=O. The first-order valence-corrected chi connectivity index (χ1v) is 22.4. The Hall–Kier alpha value is -7.92. The molecule has 3 aromatic carbocycles. The summed E-state index contributed by atoms with van der Waals surface area (Å²) in [6.07, 6.45) is 2.68. The minimum atomic E-state index is -1.13. The molecular formula is C48H49N9O13. The Morgan fingerprint density at radius 1 is 0.814 bits per heavy atom. The van der Waals surface area contributed by atoms with Crippen molar-refractivity contribution >= 4 is 64.0 Å². The van der Waals surface area contributed by atoms with E-state index in [0.717, 1.165) is 16.5 Å². The van der Waals surface area contributed by atoms with E-state index >= 15 is 0 Å². The molecule has 70 heavy (non-hydrogen) atoms. The first-order chi connectivity index (χ1) is 34.0. The van der Waals surface area contributed by atoms with Crippen molar-refractivity contribution in [3.05, 3.63) is 103 Å². The van der Waals surface area contributed by atoms with Crippen LogP contribution in [0.5, 0.6) is 11.5 Å². The van der Waals surface area contributed by atoms with Crippen LogP contribution in [0.25, 0.3) is 22.3 Å². The fourth-order valence-corrected chi connectivity index (χ4v) is 8.26. The predicted octanol–water partition coefficient (Wildman–Crippen LogP) is 2.85. The number of piperidine rings is 1. The Bertz CT molecular complexity index is 2790. The summed E-state index contributed by atoms with van der Waals surface area (Å²) in [5.41, 5.74) is 8.18. The average molecular weight is 960 g/mol. The third-order valence-corrected chi connectivity index (χ3v) is 11.5. The Morgan fingerprint density at radius 3 is 2.20 bits per heavy atom. The van der Waals surface area contributed by atoms with Gasteiger partial charge in [-0.15, -0.1) is 0 Å².